The zero-order valence-corrected chi connectivity index (χ0v) is 9.76. The summed E-state index contributed by atoms with van der Waals surface area (Å²) in [5, 5.41) is 6.76. The second-order valence-corrected chi connectivity index (χ2v) is 4.00. The van der Waals surface area contributed by atoms with Crippen molar-refractivity contribution in [3.63, 3.8) is 0 Å². The van der Waals surface area contributed by atoms with E-state index in [1.165, 1.54) is 0 Å². The molecule has 1 aliphatic heterocycles. The van der Waals surface area contributed by atoms with E-state index in [0.29, 0.717) is 6.04 Å². The lowest BCUT2D eigenvalue weighted by molar-refractivity contribution is 0.367. The van der Waals surface area contributed by atoms with Gasteiger partial charge in [0.15, 0.2) is 0 Å². The summed E-state index contributed by atoms with van der Waals surface area (Å²) < 4.78 is 0. The lowest BCUT2D eigenvalue weighted by Crippen LogP contribution is -2.36. The van der Waals surface area contributed by atoms with Crippen LogP contribution in [0, 0.1) is 0 Å². The Kier molecular flexibility index (Phi) is 5.50. The molecule has 0 saturated carbocycles. The van der Waals surface area contributed by atoms with E-state index in [4.69, 9.17) is 5.73 Å². The van der Waals surface area contributed by atoms with E-state index >= 15 is 0 Å². The van der Waals surface area contributed by atoms with Gasteiger partial charge < -0.3 is 21.3 Å². The van der Waals surface area contributed by atoms with Crippen LogP contribution in [0.25, 0.3) is 0 Å². The minimum atomic E-state index is 0.568. The number of nitrogens with two attached hydrogens (primary N) is 1. The lowest BCUT2D eigenvalue weighted by Gasteiger charge is -2.21. The second kappa shape index (κ2) is 6.69. The molecule has 0 aromatic carbocycles. The van der Waals surface area contributed by atoms with Crippen molar-refractivity contribution >= 4 is 0 Å². The molecule has 0 aliphatic carbocycles. The van der Waals surface area contributed by atoms with Crippen LogP contribution in [0.1, 0.15) is 19.8 Å². The molecule has 1 atom stereocenters. The minimum Gasteiger partial charge on any atom is -0.370 e. The number of rotatable bonds is 7. The predicted octanol–water partition coefficient (Wildman–Crippen LogP) is 0.0798. The van der Waals surface area contributed by atoms with Gasteiger partial charge >= 0.3 is 0 Å². The number of nitrogens with one attached hydrogen (secondary N) is 2. The van der Waals surface area contributed by atoms with Gasteiger partial charge in [-0.15, -0.1) is 0 Å². The van der Waals surface area contributed by atoms with Crippen molar-refractivity contribution in [3.8, 4) is 0 Å². The predicted molar refractivity (Wildman–Crippen MR) is 64.5 cm³/mol. The van der Waals surface area contributed by atoms with Crippen molar-refractivity contribution in [1.82, 2.24) is 15.5 Å². The maximum atomic E-state index is 5.55. The van der Waals surface area contributed by atoms with Crippen LogP contribution in [0.4, 0.5) is 0 Å². The first-order valence-electron chi connectivity index (χ1n) is 5.89. The molecule has 88 valence electrons. The fraction of sp³-hybridized carbons (Fsp3) is 0.818. The molecule has 4 nitrogen and oxygen atoms in total. The standard InChI is InChI=1S/C11H24N4/c1-3-11(4-5-12)14-7-9-15-8-6-13-10(15)2/h11,13-14H,2-9,12H2,1H3. The zero-order valence-electron chi connectivity index (χ0n) is 9.76. The highest BCUT2D eigenvalue weighted by atomic mass is 15.3. The molecule has 0 aromatic heterocycles. The van der Waals surface area contributed by atoms with Gasteiger partial charge in [0.25, 0.3) is 0 Å². The Bertz CT molecular complexity index is 193. The third-order valence-electron chi connectivity index (χ3n) is 2.92. The summed E-state index contributed by atoms with van der Waals surface area (Å²) in [5.74, 6) is 1.06. The highest BCUT2D eigenvalue weighted by molar-refractivity contribution is 4.97. The van der Waals surface area contributed by atoms with Crippen molar-refractivity contribution < 1.29 is 0 Å². The molecule has 1 heterocycles. The monoisotopic (exact) mass is 212 g/mol. The van der Waals surface area contributed by atoms with Gasteiger partial charge in [-0.2, -0.15) is 0 Å². The Balaban J connectivity index is 2.11. The molecule has 0 amide bonds. The molecule has 1 saturated heterocycles. The highest BCUT2D eigenvalue weighted by Gasteiger charge is 2.13. The van der Waals surface area contributed by atoms with Gasteiger partial charge in [0.2, 0.25) is 0 Å². The molecule has 0 radical (unpaired) electrons. The summed E-state index contributed by atoms with van der Waals surface area (Å²) in [5.41, 5.74) is 5.55. The third kappa shape index (κ3) is 4.10. The van der Waals surface area contributed by atoms with Crippen LogP contribution < -0.4 is 16.4 Å². The highest BCUT2D eigenvalue weighted by Crippen LogP contribution is 2.03. The number of hydrogen-bond acceptors (Lipinski definition) is 4. The Hall–Kier alpha value is -0.740. The molecule has 1 aliphatic rings. The topological polar surface area (TPSA) is 53.3 Å². The van der Waals surface area contributed by atoms with E-state index in [-0.39, 0.29) is 0 Å². The smallest absolute Gasteiger partial charge is 0.0940 e. The normalized spacial score (nSPS) is 18.0. The van der Waals surface area contributed by atoms with Crippen molar-refractivity contribution in [1.29, 1.82) is 0 Å². The Labute approximate surface area is 92.9 Å². The Morgan fingerprint density at radius 1 is 1.67 bits per heavy atom. The summed E-state index contributed by atoms with van der Waals surface area (Å²) >= 11 is 0. The molecule has 0 aromatic rings. The van der Waals surface area contributed by atoms with Crippen molar-refractivity contribution in [2.45, 2.75) is 25.8 Å². The minimum absolute atomic E-state index is 0.568. The SMILES string of the molecule is C=C1NCCN1CCNC(CC)CCN. The summed E-state index contributed by atoms with van der Waals surface area (Å²) in [7, 11) is 0. The summed E-state index contributed by atoms with van der Waals surface area (Å²) in [4.78, 5) is 2.28. The van der Waals surface area contributed by atoms with E-state index in [0.717, 1.165) is 51.4 Å². The molecule has 15 heavy (non-hydrogen) atoms. The average Bonchev–Trinajstić information content (AvgIpc) is 2.63. The van der Waals surface area contributed by atoms with E-state index in [1.54, 1.807) is 0 Å². The van der Waals surface area contributed by atoms with E-state index in [2.05, 4.69) is 29.0 Å². The average molecular weight is 212 g/mol. The van der Waals surface area contributed by atoms with Gasteiger partial charge in [0, 0.05) is 32.2 Å². The maximum absolute atomic E-state index is 5.55. The molecule has 0 bridgehead atoms. The van der Waals surface area contributed by atoms with Gasteiger partial charge in [-0.1, -0.05) is 13.5 Å². The molecule has 4 heteroatoms. The summed E-state index contributed by atoms with van der Waals surface area (Å²) in [6, 6.07) is 0.568. The third-order valence-corrected chi connectivity index (χ3v) is 2.92. The largest absolute Gasteiger partial charge is 0.370 e. The van der Waals surface area contributed by atoms with Crippen LogP contribution in [0.3, 0.4) is 0 Å². The summed E-state index contributed by atoms with van der Waals surface area (Å²) in [6.07, 6.45) is 2.21. The molecule has 1 fully saturated rings. The first kappa shape index (κ1) is 12.3. The van der Waals surface area contributed by atoms with Crippen LogP contribution in [-0.4, -0.2) is 43.7 Å². The molecule has 1 unspecified atom stereocenters. The van der Waals surface area contributed by atoms with Crippen molar-refractivity contribution in [2.24, 2.45) is 5.73 Å². The molecular formula is C11H24N4. The fourth-order valence-corrected chi connectivity index (χ4v) is 1.88. The van der Waals surface area contributed by atoms with E-state index < -0.39 is 0 Å². The van der Waals surface area contributed by atoms with Crippen molar-refractivity contribution in [2.75, 3.05) is 32.7 Å². The molecule has 4 N–H and O–H groups in total. The molecule has 0 spiro atoms. The van der Waals surface area contributed by atoms with Crippen LogP contribution >= 0.6 is 0 Å². The second-order valence-electron chi connectivity index (χ2n) is 4.00. The molecular weight excluding hydrogens is 188 g/mol. The lowest BCUT2D eigenvalue weighted by atomic mass is 10.1. The fourth-order valence-electron chi connectivity index (χ4n) is 1.88. The zero-order chi connectivity index (χ0) is 11.1. The van der Waals surface area contributed by atoms with Gasteiger partial charge in [-0.05, 0) is 19.4 Å². The Morgan fingerprint density at radius 3 is 3.00 bits per heavy atom. The van der Waals surface area contributed by atoms with Gasteiger partial charge in [-0.3, -0.25) is 0 Å². The van der Waals surface area contributed by atoms with Crippen LogP contribution in [0.15, 0.2) is 12.4 Å². The van der Waals surface area contributed by atoms with Gasteiger partial charge in [0.1, 0.15) is 0 Å². The first-order chi connectivity index (χ1) is 7.27. The Morgan fingerprint density at radius 2 is 2.47 bits per heavy atom. The van der Waals surface area contributed by atoms with Gasteiger partial charge in [-0.25, -0.2) is 0 Å². The number of nitrogens with zero attached hydrogens (tertiary/aromatic N) is 1. The van der Waals surface area contributed by atoms with Crippen LogP contribution in [-0.2, 0) is 0 Å². The first-order valence-corrected chi connectivity index (χ1v) is 5.89. The number of hydrogen-bond donors (Lipinski definition) is 3. The van der Waals surface area contributed by atoms with E-state index in [9.17, 15) is 0 Å². The van der Waals surface area contributed by atoms with Crippen LogP contribution in [0.2, 0.25) is 0 Å². The molecule has 1 rings (SSSR count). The van der Waals surface area contributed by atoms with Crippen molar-refractivity contribution in [3.05, 3.63) is 12.4 Å². The van der Waals surface area contributed by atoms with Crippen LogP contribution in [0.5, 0.6) is 0 Å². The summed E-state index contributed by atoms with van der Waals surface area (Å²) in [6.45, 7) is 11.1. The van der Waals surface area contributed by atoms with E-state index in [1.807, 2.05) is 0 Å². The van der Waals surface area contributed by atoms with Gasteiger partial charge in [0.05, 0.1) is 5.82 Å². The maximum Gasteiger partial charge on any atom is 0.0940 e. The quantitative estimate of drug-likeness (QED) is 0.559.